The Balaban J connectivity index is 1.97. The Labute approximate surface area is 210 Å². The van der Waals surface area contributed by atoms with Crippen LogP contribution in [-0.2, 0) is 19.6 Å². The number of amides is 1. The second kappa shape index (κ2) is 9.31. The van der Waals surface area contributed by atoms with Crippen molar-refractivity contribution in [1.29, 1.82) is 0 Å². The third-order valence-electron chi connectivity index (χ3n) is 5.38. The number of aliphatic hydroxyl groups is 1. The van der Waals surface area contributed by atoms with Crippen LogP contribution >= 0.6 is 23.2 Å². The number of rotatable bonds is 5. The molecule has 2 aromatic carbocycles. The molecule has 0 aliphatic carbocycles. The number of hydrogen-bond acceptors (Lipinski definition) is 7. The Morgan fingerprint density at radius 2 is 1.71 bits per heavy atom. The molecule has 1 aliphatic heterocycles. The van der Waals surface area contributed by atoms with E-state index >= 15 is 0 Å². The number of halogens is 2. The molecule has 1 fully saturated rings. The van der Waals surface area contributed by atoms with Gasteiger partial charge in [0.15, 0.2) is 0 Å². The number of ketones is 1. The first kappa shape index (κ1) is 24.7. The van der Waals surface area contributed by atoms with Gasteiger partial charge in [0.25, 0.3) is 11.7 Å². The number of aromatic nitrogens is 1. The van der Waals surface area contributed by atoms with Crippen LogP contribution in [0.25, 0.3) is 5.76 Å². The van der Waals surface area contributed by atoms with Crippen LogP contribution in [0.1, 0.15) is 17.2 Å². The van der Waals surface area contributed by atoms with Gasteiger partial charge in [-0.15, -0.1) is 0 Å². The predicted molar refractivity (Wildman–Crippen MR) is 130 cm³/mol. The second-order valence-corrected chi connectivity index (χ2v) is 9.86. The molecule has 0 bridgehead atoms. The van der Waals surface area contributed by atoms with Gasteiger partial charge in [0.1, 0.15) is 11.5 Å². The van der Waals surface area contributed by atoms with Gasteiger partial charge < -0.3 is 9.84 Å². The number of nitrogens with two attached hydrogens (primary N) is 1. The number of anilines is 1. The Morgan fingerprint density at radius 1 is 1.09 bits per heavy atom. The van der Waals surface area contributed by atoms with Crippen molar-refractivity contribution in [1.82, 2.24) is 4.98 Å². The maximum atomic E-state index is 13.2. The lowest BCUT2D eigenvalue weighted by atomic mass is 9.95. The van der Waals surface area contributed by atoms with E-state index in [1.54, 1.807) is 12.1 Å². The largest absolute Gasteiger partial charge is 0.507 e. The number of carbonyl (C=O) groups excluding carboxylic acids is 2. The van der Waals surface area contributed by atoms with Crippen molar-refractivity contribution in [2.45, 2.75) is 10.9 Å². The van der Waals surface area contributed by atoms with Crippen LogP contribution in [0.15, 0.2) is 71.4 Å². The molecule has 0 radical (unpaired) electrons. The number of benzene rings is 2. The molecule has 3 aromatic rings. The highest BCUT2D eigenvalue weighted by atomic mass is 35.5. The number of primary sulfonamides is 1. The first-order valence-electron chi connectivity index (χ1n) is 9.91. The summed E-state index contributed by atoms with van der Waals surface area (Å²) in [5.74, 6) is -2.40. The Kier molecular flexibility index (Phi) is 6.56. The Morgan fingerprint density at radius 3 is 2.29 bits per heavy atom. The normalized spacial score (nSPS) is 17.6. The summed E-state index contributed by atoms with van der Waals surface area (Å²) in [5.41, 5.74) is 0.444. The highest BCUT2D eigenvalue weighted by molar-refractivity contribution is 7.89. The summed E-state index contributed by atoms with van der Waals surface area (Å²) in [4.78, 5) is 31.4. The van der Waals surface area contributed by atoms with Gasteiger partial charge >= 0.3 is 0 Å². The van der Waals surface area contributed by atoms with Crippen molar-refractivity contribution in [3.63, 3.8) is 0 Å². The fraction of sp³-hybridized carbons (Fsp3) is 0.0870. The molecule has 0 spiro atoms. The zero-order chi connectivity index (χ0) is 25.5. The average molecular weight is 534 g/mol. The van der Waals surface area contributed by atoms with Gasteiger partial charge in [0, 0.05) is 23.1 Å². The number of carbonyl (C=O) groups is 2. The lowest BCUT2D eigenvalue weighted by molar-refractivity contribution is -0.132. The van der Waals surface area contributed by atoms with Crippen LogP contribution in [0.4, 0.5) is 5.69 Å². The molecule has 180 valence electrons. The number of nitrogens with zero attached hydrogens (tertiary/aromatic N) is 2. The summed E-state index contributed by atoms with van der Waals surface area (Å²) in [6.07, 6.45) is 2.94. The van der Waals surface area contributed by atoms with Crippen molar-refractivity contribution >= 4 is 56.4 Å². The molecule has 1 saturated heterocycles. The fourth-order valence-corrected chi connectivity index (χ4v) is 4.93. The molecule has 2 heterocycles. The van der Waals surface area contributed by atoms with E-state index in [9.17, 15) is 23.1 Å². The molecule has 12 heteroatoms. The van der Waals surface area contributed by atoms with Crippen LogP contribution in [0.2, 0.25) is 10.0 Å². The lowest BCUT2D eigenvalue weighted by Gasteiger charge is -2.25. The number of pyridine rings is 1. The van der Waals surface area contributed by atoms with Gasteiger partial charge in [0.2, 0.25) is 10.0 Å². The van der Waals surface area contributed by atoms with Crippen LogP contribution in [0.3, 0.4) is 0 Å². The summed E-state index contributed by atoms with van der Waals surface area (Å²) in [5, 5.41) is 16.7. The van der Waals surface area contributed by atoms with E-state index in [1.807, 2.05) is 0 Å². The fourth-order valence-electron chi connectivity index (χ4n) is 3.85. The SMILES string of the molecule is COc1c(Cl)cc(Cl)cc1/C(O)=C1\C(=O)C(=O)N(c2ccc(S(N)(=O)=O)cc2)C1c1ccncc1. The van der Waals surface area contributed by atoms with Crippen LogP contribution in [-0.4, -0.2) is 37.3 Å². The lowest BCUT2D eigenvalue weighted by Crippen LogP contribution is -2.29. The van der Waals surface area contributed by atoms with Crippen LogP contribution in [0.5, 0.6) is 5.75 Å². The van der Waals surface area contributed by atoms with Crippen molar-refractivity contribution in [2.75, 3.05) is 12.0 Å². The van der Waals surface area contributed by atoms with Crippen molar-refractivity contribution < 1.29 is 27.9 Å². The van der Waals surface area contributed by atoms with E-state index in [4.69, 9.17) is 33.1 Å². The molecular formula is C23H17Cl2N3O6S. The van der Waals surface area contributed by atoms with Gasteiger partial charge in [-0.2, -0.15) is 0 Å². The maximum Gasteiger partial charge on any atom is 0.300 e. The molecular weight excluding hydrogens is 517 g/mol. The van der Waals surface area contributed by atoms with Gasteiger partial charge in [-0.05, 0) is 54.1 Å². The Hall–Kier alpha value is -3.44. The highest BCUT2D eigenvalue weighted by Gasteiger charge is 2.47. The zero-order valence-corrected chi connectivity index (χ0v) is 20.3. The third kappa shape index (κ3) is 4.48. The van der Waals surface area contributed by atoms with Gasteiger partial charge in [-0.25, -0.2) is 13.6 Å². The quantitative estimate of drug-likeness (QED) is 0.289. The van der Waals surface area contributed by atoms with Crippen molar-refractivity contribution in [3.8, 4) is 5.75 Å². The molecule has 9 nitrogen and oxygen atoms in total. The molecule has 4 rings (SSSR count). The van der Waals surface area contributed by atoms with E-state index in [1.165, 1.54) is 55.9 Å². The summed E-state index contributed by atoms with van der Waals surface area (Å²) in [6.45, 7) is 0. The maximum absolute atomic E-state index is 13.2. The molecule has 1 amide bonds. The molecule has 3 N–H and O–H groups in total. The van der Waals surface area contributed by atoms with Gasteiger partial charge in [-0.1, -0.05) is 23.2 Å². The summed E-state index contributed by atoms with van der Waals surface area (Å²) < 4.78 is 28.6. The minimum Gasteiger partial charge on any atom is -0.507 e. The number of hydrogen-bond donors (Lipinski definition) is 2. The summed E-state index contributed by atoms with van der Waals surface area (Å²) in [6, 6.07) is 9.97. The average Bonchev–Trinajstić information content (AvgIpc) is 3.08. The van der Waals surface area contributed by atoms with Crippen LogP contribution < -0.4 is 14.8 Å². The third-order valence-corrected chi connectivity index (χ3v) is 6.81. The number of ether oxygens (including phenoxy) is 1. The molecule has 1 aromatic heterocycles. The molecule has 35 heavy (non-hydrogen) atoms. The van der Waals surface area contributed by atoms with E-state index in [2.05, 4.69) is 4.98 Å². The topological polar surface area (TPSA) is 140 Å². The molecule has 1 aliphatic rings. The standard InChI is InChI=1S/C23H17Cl2N3O6S/c1-34-22-16(10-13(24)11-17(22)25)20(29)18-19(12-6-8-27-9-7-12)28(23(31)21(18)30)14-2-4-15(5-3-14)35(26,32)33/h2-11,19,29H,1H3,(H2,26,32,33)/b20-18+. The minimum atomic E-state index is -3.98. The predicted octanol–water partition coefficient (Wildman–Crippen LogP) is 3.67. The first-order chi connectivity index (χ1) is 16.5. The zero-order valence-electron chi connectivity index (χ0n) is 18.0. The first-order valence-corrected chi connectivity index (χ1v) is 12.2. The minimum absolute atomic E-state index is 0.0200. The molecule has 1 atom stereocenters. The summed E-state index contributed by atoms with van der Waals surface area (Å²) >= 11 is 12.3. The number of sulfonamides is 1. The summed E-state index contributed by atoms with van der Waals surface area (Å²) in [7, 11) is -2.64. The second-order valence-electron chi connectivity index (χ2n) is 7.46. The number of methoxy groups -OCH3 is 1. The van der Waals surface area contributed by atoms with E-state index in [0.29, 0.717) is 5.56 Å². The molecule has 0 saturated carbocycles. The van der Waals surface area contributed by atoms with Crippen LogP contribution in [0, 0.1) is 0 Å². The molecule has 1 unspecified atom stereocenters. The highest BCUT2D eigenvalue weighted by Crippen LogP contribution is 2.44. The van der Waals surface area contributed by atoms with E-state index in [0.717, 1.165) is 4.90 Å². The monoisotopic (exact) mass is 533 g/mol. The van der Waals surface area contributed by atoms with Gasteiger partial charge in [-0.3, -0.25) is 19.5 Å². The number of aliphatic hydroxyl groups excluding tert-OH is 1. The van der Waals surface area contributed by atoms with E-state index in [-0.39, 0.29) is 37.5 Å². The van der Waals surface area contributed by atoms with Gasteiger partial charge in [0.05, 0.1) is 34.2 Å². The Bertz CT molecular complexity index is 1480. The smallest absolute Gasteiger partial charge is 0.300 e. The van der Waals surface area contributed by atoms with Crippen molar-refractivity contribution in [2.24, 2.45) is 5.14 Å². The van der Waals surface area contributed by atoms with Crippen molar-refractivity contribution in [3.05, 3.63) is 87.7 Å². The number of Topliss-reactive ketones (excluding diaryl/α,β-unsaturated/α-hetero) is 1. The van der Waals surface area contributed by atoms with E-state index < -0.39 is 33.5 Å².